The number of sulfonamides is 1. The van der Waals surface area contributed by atoms with Gasteiger partial charge in [0.25, 0.3) is 0 Å². The maximum absolute atomic E-state index is 12.7. The third-order valence-electron chi connectivity index (χ3n) is 3.46. The Kier molecular flexibility index (Phi) is 4.84. The molecule has 114 valence electrons. The van der Waals surface area contributed by atoms with E-state index in [-0.39, 0.29) is 0 Å². The van der Waals surface area contributed by atoms with E-state index in [1.54, 1.807) is 16.6 Å². The van der Waals surface area contributed by atoms with Crippen LogP contribution in [-0.4, -0.2) is 47.9 Å². The summed E-state index contributed by atoms with van der Waals surface area (Å²) in [5, 5.41) is 3.73. The molecular weight excluding hydrogens is 294 g/mol. The van der Waals surface area contributed by atoms with E-state index < -0.39 is 10.0 Å². The Balaban J connectivity index is 2.27. The number of nitrogens with zero attached hydrogens (tertiary/aromatic N) is 2. The third-order valence-corrected chi connectivity index (χ3v) is 6.49. The summed E-state index contributed by atoms with van der Waals surface area (Å²) in [7, 11) is 0.355. The maximum atomic E-state index is 12.7. The molecule has 1 aromatic rings. The van der Waals surface area contributed by atoms with E-state index in [2.05, 4.69) is 19.2 Å². The molecule has 0 aromatic carbocycles. The van der Waals surface area contributed by atoms with Gasteiger partial charge in [-0.3, -0.25) is 0 Å². The van der Waals surface area contributed by atoms with Crippen LogP contribution in [0.4, 0.5) is 0 Å². The quantitative estimate of drug-likeness (QED) is 0.908. The molecule has 1 saturated heterocycles. The van der Waals surface area contributed by atoms with Crippen LogP contribution in [-0.2, 0) is 23.6 Å². The van der Waals surface area contributed by atoms with E-state index in [4.69, 9.17) is 0 Å². The van der Waals surface area contributed by atoms with Crippen LogP contribution in [0.1, 0.15) is 19.5 Å². The largest absolute Gasteiger partial charge is 0.352 e. The molecule has 0 saturated carbocycles. The van der Waals surface area contributed by atoms with Crippen LogP contribution in [0.2, 0.25) is 0 Å². The van der Waals surface area contributed by atoms with Gasteiger partial charge in [-0.2, -0.15) is 16.1 Å². The fourth-order valence-electron chi connectivity index (χ4n) is 2.55. The van der Waals surface area contributed by atoms with E-state index in [1.807, 2.05) is 30.4 Å². The molecule has 1 N–H and O–H groups in total. The molecule has 2 heterocycles. The van der Waals surface area contributed by atoms with E-state index in [0.29, 0.717) is 35.0 Å². The lowest BCUT2D eigenvalue weighted by Crippen LogP contribution is -2.43. The Morgan fingerprint density at radius 1 is 1.35 bits per heavy atom. The predicted molar refractivity (Wildman–Crippen MR) is 83.5 cm³/mol. The number of rotatable bonds is 4. The van der Waals surface area contributed by atoms with Crippen molar-refractivity contribution in [3.63, 3.8) is 0 Å². The minimum atomic E-state index is -3.38. The smallest absolute Gasteiger partial charge is 0.244 e. The predicted octanol–water partition coefficient (Wildman–Crippen LogP) is 1.26. The molecule has 0 aliphatic carbocycles. The molecule has 0 bridgehead atoms. The van der Waals surface area contributed by atoms with Crippen molar-refractivity contribution in [2.24, 2.45) is 7.05 Å². The highest BCUT2D eigenvalue weighted by molar-refractivity contribution is 8.00. The average Bonchev–Trinajstić information content (AvgIpc) is 2.71. The number of hydrogen-bond donors (Lipinski definition) is 1. The maximum Gasteiger partial charge on any atom is 0.244 e. The molecule has 1 aromatic heterocycles. The zero-order valence-corrected chi connectivity index (χ0v) is 14.1. The van der Waals surface area contributed by atoms with Crippen LogP contribution in [0.25, 0.3) is 0 Å². The van der Waals surface area contributed by atoms with Crippen molar-refractivity contribution >= 4 is 21.8 Å². The Morgan fingerprint density at radius 2 is 1.95 bits per heavy atom. The van der Waals surface area contributed by atoms with Gasteiger partial charge < -0.3 is 9.88 Å². The van der Waals surface area contributed by atoms with E-state index >= 15 is 0 Å². The van der Waals surface area contributed by atoms with E-state index in [9.17, 15) is 8.42 Å². The number of thioether (sulfide) groups is 1. The van der Waals surface area contributed by atoms with Crippen LogP contribution in [0, 0.1) is 0 Å². The van der Waals surface area contributed by atoms with Gasteiger partial charge in [-0.25, -0.2) is 8.42 Å². The second kappa shape index (κ2) is 6.09. The summed E-state index contributed by atoms with van der Waals surface area (Å²) < 4.78 is 29.0. The van der Waals surface area contributed by atoms with E-state index in [1.165, 1.54) is 0 Å². The van der Waals surface area contributed by atoms with Crippen LogP contribution in [0.15, 0.2) is 17.2 Å². The van der Waals surface area contributed by atoms with Crippen LogP contribution < -0.4 is 5.32 Å². The highest BCUT2D eigenvalue weighted by atomic mass is 32.2. The standard InChI is InChI=1S/C13H23N3O2S2/c1-10-7-16(8-11(2)19-10)20(17,18)13-5-12(6-14-3)15(4)9-13/h5,9-11,14H,6-8H2,1-4H3. The number of hydrogen-bond acceptors (Lipinski definition) is 4. The van der Waals surface area contributed by atoms with Gasteiger partial charge >= 0.3 is 0 Å². The average molecular weight is 317 g/mol. The topological polar surface area (TPSA) is 54.3 Å². The molecule has 2 unspecified atom stereocenters. The fraction of sp³-hybridized carbons (Fsp3) is 0.692. The number of aromatic nitrogens is 1. The van der Waals surface area contributed by atoms with Crippen LogP contribution >= 0.6 is 11.8 Å². The fourth-order valence-corrected chi connectivity index (χ4v) is 5.78. The molecule has 2 atom stereocenters. The zero-order chi connectivity index (χ0) is 14.9. The minimum Gasteiger partial charge on any atom is -0.352 e. The normalized spacial score (nSPS) is 25.0. The molecule has 1 fully saturated rings. The van der Waals surface area contributed by atoms with E-state index in [0.717, 1.165) is 5.69 Å². The first kappa shape index (κ1) is 15.9. The Bertz CT molecular complexity index is 558. The minimum absolute atomic E-state index is 0.342. The lowest BCUT2D eigenvalue weighted by Gasteiger charge is -2.33. The second-order valence-electron chi connectivity index (χ2n) is 5.39. The monoisotopic (exact) mass is 317 g/mol. The molecule has 20 heavy (non-hydrogen) atoms. The number of nitrogens with one attached hydrogen (secondary N) is 1. The second-order valence-corrected chi connectivity index (χ2v) is 9.21. The van der Waals surface area contributed by atoms with Crippen molar-refractivity contribution in [2.45, 2.75) is 35.8 Å². The molecule has 0 radical (unpaired) electrons. The Labute approximate surface area is 125 Å². The van der Waals surface area contributed by atoms with Gasteiger partial charge in [0.15, 0.2) is 0 Å². The SMILES string of the molecule is CNCc1cc(S(=O)(=O)N2CC(C)SC(C)C2)cn1C. The molecule has 1 aliphatic heterocycles. The molecule has 0 spiro atoms. The van der Waals surface area contributed by atoms with Crippen molar-refractivity contribution in [3.8, 4) is 0 Å². The number of aryl methyl sites for hydroxylation is 1. The molecule has 7 heteroatoms. The summed E-state index contributed by atoms with van der Waals surface area (Å²) in [6.45, 7) is 6.01. The first-order valence-electron chi connectivity index (χ1n) is 6.80. The van der Waals surface area contributed by atoms with Crippen LogP contribution in [0.5, 0.6) is 0 Å². The zero-order valence-electron chi connectivity index (χ0n) is 12.5. The summed E-state index contributed by atoms with van der Waals surface area (Å²) in [5.74, 6) is 0. The summed E-state index contributed by atoms with van der Waals surface area (Å²) in [5.41, 5.74) is 0.971. The van der Waals surface area contributed by atoms with Gasteiger partial charge in [0.2, 0.25) is 10.0 Å². The molecular formula is C13H23N3O2S2. The summed E-state index contributed by atoms with van der Waals surface area (Å²) in [6.07, 6.45) is 1.71. The summed E-state index contributed by atoms with van der Waals surface area (Å²) >= 11 is 1.85. The van der Waals surface area contributed by atoms with Gasteiger partial charge in [0.05, 0.1) is 0 Å². The summed E-state index contributed by atoms with van der Waals surface area (Å²) in [4.78, 5) is 0.400. The van der Waals surface area contributed by atoms with Crippen molar-refractivity contribution in [3.05, 3.63) is 18.0 Å². The van der Waals surface area contributed by atoms with Crippen LogP contribution in [0.3, 0.4) is 0 Å². The Morgan fingerprint density at radius 3 is 2.50 bits per heavy atom. The van der Waals surface area contributed by atoms with Gasteiger partial charge in [0, 0.05) is 49.1 Å². The lowest BCUT2D eigenvalue weighted by molar-refractivity contribution is 0.405. The highest BCUT2D eigenvalue weighted by Gasteiger charge is 2.32. The van der Waals surface area contributed by atoms with Crippen molar-refractivity contribution in [2.75, 3.05) is 20.1 Å². The first-order valence-corrected chi connectivity index (χ1v) is 9.18. The Hall–Kier alpha value is -0.500. The van der Waals surface area contributed by atoms with Gasteiger partial charge in [-0.1, -0.05) is 13.8 Å². The van der Waals surface area contributed by atoms with Crippen molar-refractivity contribution in [1.29, 1.82) is 0 Å². The van der Waals surface area contributed by atoms with Gasteiger partial charge in [-0.15, -0.1) is 0 Å². The molecule has 2 rings (SSSR count). The third kappa shape index (κ3) is 3.21. The molecule has 0 amide bonds. The lowest BCUT2D eigenvalue weighted by atomic mass is 10.4. The van der Waals surface area contributed by atoms with Crippen molar-refractivity contribution in [1.82, 2.24) is 14.2 Å². The van der Waals surface area contributed by atoms with Crippen molar-refractivity contribution < 1.29 is 8.42 Å². The molecule has 1 aliphatic rings. The highest BCUT2D eigenvalue weighted by Crippen LogP contribution is 2.29. The molecule has 5 nitrogen and oxygen atoms in total. The first-order chi connectivity index (χ1) is 9.34. The van der Waals surface area contributed by atoms with Gasteiger partial charge in [0.1, 0.15) is 4.90 Å². The van der Waals surface area contributed by atoms with Gasteiger partial charge in [-0.05, 0) is 13.1 Å². The summed E-state index contributed by atoms with van der Waals surface area (Å²) in [6, 6.07) is 1.77.